The molecule has 1 amide bonds. The first kappa shape index (κ1) is 19.4. The van der Waals surface area contributed by atoms with Gasteiger partial charge in [0, 0.05) is 11.3 Å². The molecular weight excluding hydrogens is 374 g/mol. The fourth-order valence-electron chi connectivity index (χ4n) is 3.38. The molecule has 0 bridgehead atoms. The highest BCUT2D eigenvalue weighted by Gasteiger charge is 2.30. The molecule has 0 N–H and O–H groups in total. The number of para-hydroxylation sites is 1. The molecule has 0 fully saturated rings. The first-order valence-electron chi connectivity index (χ1n) is 9.83. The third kappa shape index (κ3) is 3.94. The number of carbonyl (C=O) groups excluding carboxylic acids is 2. The van der Waals surface area contributed by atoms with Gasteiger partial charge in [0.1, 0.15) is 0 Å². The van der Waals surface area contributed by atoms with E-state index >= 15 is 0 Å². The molecule has 0 unspecified atom stereocenters. The first-order chi connectivity index (χ1) is 14.7. The Morgan fingerprint density at radius 1 is 0.900 bits per heavy atom. The fourth-order valence-corrected chi connectivity index (χ4v) is 3.38. The second kappa shape index (κ2) is 8.62. The van der Waals surface area contributed by atoms with E-state index in [-0.39, 0.29) is 11.9 Å². The monoisotopic (exact) mass is 395 g/mol. The highest BCUT2D eigenvalue weighted by molar-refractivity contribution is 6.23. The molecule has 4 heteroatoms. The van der Waals surface area contributed by atoms with E-state index in [1.807, 2.05) is 84.9 Å². The minimum absolute atomic E-state index is 0.0884. The van der Waals surface area contributed by atoms with E-state index in [0.29, 0.717) is 17.7 Å². The predicted octanol–water partition coefficient (Wildman–Crippen LogP) is 5.33. The number of hydrogen-bond acceptors (Lipinski definition) is 3. The number of esters is 1. The average molecular weight is 395 g/mol. The maximum Gasteiger partial charge on any atom is 0.338 e. The predicted molar refractivity (Wildman–Crippen MR) is 119 cm³/mol. The van der Waals surface area contributed by atoms with Crippen molar-refractivity contribution in [1.29, 1.82) is 0 Å². The molecule has 1 heterocycles. The van der Waals surface area contributed by atoms with Gasteiger partial charge in [0.2, 0.25) is 0 Å². The summed E-state index contributed by atoms with van der Waals surface area (Å²) in [6.45, 7) is 2.11. The Kier molecular flexibility index (Phi) is 5.57. The number of rotatable bonds is 5. The molecule has 0 aliphatic carbocycles. The molecule has 0 aromatic heterocycles. The molecule has 3 aromatic rings. The van der Waals surface area contributed by atoms with Crippen LogP contribution in [0.15, 0.2) is 96.6 Å². The van der Waals surface area contributed by atoms with Gasteiger partial charge in [-0.05, 0) is 54.5 Å². The zero-order valence-electron chi connectivity index (χ0n) is 16.6. The van der Waals surface area contributed by atoms with Crippen LogP contribution in [0.5, 0.6) is 0 Å². The van der Waals surface area contributed by atoms with Crippen molar-refractivity contribution in [1.82, 2.24) is 0 Å². The van der Waals surface area contributed by atoms with Gasteiger partial charge in [-0.25, -0.2) is 4.79 Å². The van der Waals surface area contributed by atoms with Crippen molar-refractivity contribution < 1.29 is 14.3 Å². The Hall–Kier alpha value is -3.92. The number of anilines is 1. The molecule has 4 nitrogen and oxygen atoms in total. The summed E-state index contributed by atoms with van der Waals surface area (Å²) in [5, 5.41) is 0. The third-order valence-electron chi connectivity index (χ3n) is 4.81. The van der Waals surface area contributed by atoms with Crippen molar-refractivity contribution in [2.24, 2.45) is 0 Å². The van der Waals surface area contributed by atoms with Crippen molar-refractivity contribution in [3.63, 3.8) is 0 Å². The zero-order chi connectivity index (χ0) is 20.9. The molecule has 3 aromatic carbocycles. The Bertz CT molecular complexity index is 1110. The van der Waals surface area contributed by atoms with Crippen LogP contribution in [0.25, 0.3) is 11.8 Å². The van der Waals surface area contributed by atoms with Crippen molar-refractivity contribution >= 4 is 29.3 Å². The van der Waals surface area contributed by atoms with Crippen LogP contribution >= 0.6 is 0 Å². The Morgan fingerprint density at radius 2 is 1.53 bits per heavy atom. The van der Waals surface area contributed by atoms with Gasteiger partial charge in [-0.1, -0.05) is 60.7 Å². The second-order valence-corrected chi connectivity index (χ2v) is 6.81. The Balaban J connectivity index is 1.70. The number of hydrogen-bond donors (Lipinski definition) is 0. The fraction of sp³-hybridized carbons (Fsp3) is 0.0769. The SMILES string of the molecule is CCOC(=O)c1ccc(C=C2C=C(c3ccccc3)N(c3ccccc3)C2=O)cc1. The molecule has 30 heavy (non-hydrogen) atoms. The summed E-state index contributed by atoms with van der Waals surface area (Å²) < 4.78 is 5.02. The van der Waals surface area contributed by atoms with Gasteiger partial charge in [0.25, 0.3) is 5.91 Å². The van der Waals surface area contributed by atoms with Crippen LogP contribution in [0, 0.1) is 0 Å². The van der Waals surface area contributed by atoms with Gasteiger partial charge < -0.3 is 4.74 Å². The highest BCUT2D eigenvalue weighted by Crippen LogP contribution is 2.35. The summed E-state index contributed by atoms with van der Waals surface area (Å²) in [4.78, 5) is 26.9. The molecule has 0 radical (unpaired) electrons. The van der Waals surface area contributed by atoms with Crippen molar-refractivity contribution in [3.05, 3.63) is 113 Å². The van der Waals surface area contributed by atoms with Crippen LogP contribution in [0.1, 0.15) is 28.4 Å². The number of benzene rings is 3. The largest absolute Gasteiger partial charge is 0.462 e. The number of amides is 1. The van der Waals surface area contributed by atoms with Gasteiger partial charge in [-0.2, -0.15) is 0 Å². The van der Waals surface area contributed by atoms with E-state index in [2.05, 4.69) is 0 Å². The second-order valence-electron chi connectivity index (χ2n) is 6.81. The molecule has 0 atom stereocenters. The van der Waals surface area contributed by atoms with E-state index in [9.17, 15) is 9.59 Å². The lowest BCUT2D eigenvalue weighted by molar-refractivity contribution is -0.113. The number of nitrogens with zero attached hydrogens (tertiary/aromatic N) is 1. The average Bonchev–Trinajstić information content (AvgIpc) is 3.11. The van der Waals surface area contributed by atoms with Crippen LogP contribution in [-0.4, -0.2) is 18.5 Å². The number of ether oxygens (including phenoxy) is 1. The molecular formula is C26H21NO3. The van der Waals surface area contributed by atoms with Gasteiger partial charge >= 0.3 is 5.97 Å². The third-order valence-corrected chi connectivity index (χ3v) is 4.81. The summed E-state index contributed by atoms with van der Waals surface area (Å²) in [7, 11) is 0. The van der Waals surface area contributed by atoms with Gasteiger partial charge in [-0.15, -0.1) is 0 Å². The summed E-state index contributed by atoms with van der Waals surface area (Å²) in [6, 6.07) is 26.5. The Morgan fingerprint density at radius 3 is 2.17 bits per heavy atom. The maximum absolute atomic E-state index is 13.3. The van der Waals surface area contributed by atoms with Crippen LogP contribution in [0.2, 0.25) is 0 Å². The summed E-state index contributed by atoms with van der Waals surface area (Å²) in [5.41, 5.74) is 4.53. The molecule has 1 aliphatic heterocycles. The first-order valence-corrected chi connectivity index (χ1v) is 9.83. The lowest BCUT2D eigenvalue weighted by atomic mass is 10.1. The van der Waals surface area contributed by atoms with Crippen LogP contribution in [-0.2, 0) is 9.53 Å². The highest BCUT2D eigenvalue weighted by atomic mass is 16.5. The molecule has 1 aliphatic rings. The van der Waals surface area contributed by atoms with Crippen molar-refractivity contribution in [2.45, 2.75) is 6.92 Å². The summed E-state index contributed by atoms with van der Waals surface area (Å²) in [5.74, 6) is -0.440. The van der Waals surface area contributed by atoms with Crippen LogP contribution in [0.3, 0.4) is 0 Å². The van der Waals surface area contributed by atoms with Crippen molar-refractivity contribution in [3.8, 4) is 0 Å². The number of carbonyl (C=O) groups is 2. The lowest BCUT2D eigenvalue weighted by Gasteiger charge is -2.20. The van der Waals surface area contributed by atoms with Gasteiger partial charge in [-0.3, -0.25) is 9.69 Å². The quantitative estimate of drug-likeness (QED) is 0.433. The van der Waals surface area contributed by atoms with Crippen LogP contribution < -0.4 is 4.90 Å². The standard InChI is InChI=1S/C26H21NO3/c1-2-30-26(29)21-15-13-19(14-16-21)17-22-18-24(20-9-5-3-6-10-20)27(25(22)28)23-11-7-4-8-12-23/h3-18H,2H2,1H3. The van der Waals surface area contributed by atoms with E-state index in [1.54, 1.807) is 24.0 Å². The van der Waals surface area contributed by atoms with E-state index in [4.69, 9.17) is 4.74 Å². The van der Waals surface area contributed by atoms with Crippen LogP contribution in [0.4, 0.5) is 5.69 Å². The summed E-state index contributed by atoms with van der Waals surface area (Å²) >= 11 is 0. The lowest BCUT2D eigenvalue weighted by Crippen LogP contribution is -2.24. The molecule has 0 saturated carbocycles. The van der Waals surface area contributed by atoms with E-state index in [0.717, 1.165) is 22.5 Å². The van der Waals surface area contributed by atoms with Gasteiger partial charge in [0.15, 0.2) is 0 Å². The zero-order valence-corrected chi connectivity index (χ0v) is 16.6. The molecule has 0 spiro atoms. The topological polar surface area (TPSA) is 46.6 Å². The minimum atomic E-state index is -0.352. The molecule has 4 rings (SSSR count). The van der Waals surface area contributed by atoms with E-state index < -0.39 is 0 Å². The van der Waals surface area contributed by atoms with Crippen molar-refractivity contribution in [2.75, 3.05) is 11.5 Å². The molecule has 148 valence electrons. The minimum Gasteiger partial charge on any atom is -0.462 e. The summed E-state index contributed by atoms with van der Waals surface area (Å²) in [6.07, 6.45) is 3.74. The maximum atomic E-state index is 13.3. The van der Waals surface area contributed by atoms with E-state index in [1.165, 1.54) is 0 Å². The molecule has 0 saturated heterocycles. The smallest absolute Gasteiger partial charge is 0.338 e. The normalized spacial score (nSPS) is 14.7. The Labute approximate surface area is 175 Å². The van der Waals surface area contributed by atoms with Gasteiger partial charge in [0.05, 0.1) is 17.9 Å².